The van der Waals surface area contributed by atoms with E-state index in [1.807, 2.05) is 0 Å². The van der Waals surface area contributed by atoms with Crippen molar-refractivity contribution < 1.29 is 22.8 Å². The summed E-state index contributed by atoms with van der Waals surface area (Å²) in [4.78, 5) is 24.5. The van der Waals surface area contributed by atoms with E-state index in [1.165, 1.54) is 9.58 Å². The van der Waals surface area contributed by atoms with Gasteiger partial charge >= 0.3 is 6.18 Å². The number of likely N-dealkylation sites (tertiary alicyclic amines) is 1. The van der Waals surface area contributed by atoms with Crippen molar-refractivity contribution in [1.29, 1.82) is 0 Å². The Morgan fingerprint density at radius 1 is 1.43 bits per heavy atom. The fourth-order valence-corrected chi connectivity index (χ4v) is 2.75. The molecule has 0 radical (unpaired) electrons. The maximum atomic E-state index is 12.9. The molecule has 1 aromatic heterocycles. The first-order valence-corrected chi connectivity index (χ1v) is 6.97. The quantitative estimate of drug-likeness (QED) is 0.827. The number of rotatable bonds is 4. The van der Waals surface area contributed by atoms with Gasteiger partial charge in [0.15, 0.2) is 0 Å². The van der Waals surface area contributed by atoms with Crippen LogP contribution in [0.1, 0.15) is 5.69 Å². The Hall–Kier alpha value is -2.10. The van der Waals surface area contributed by atoms with E-state index in [0.717, 1.165) is 0 Å². The van der Waals surface area contributed by atoms with Crippen molar-refractivity contribution in [2.75, 3.05) is 25.0 Å². The number of halogens is 3. The Morgan fingerprint density at radius 2 is 2.09 bits per heavy atom. The molecule has 1 aromatic rings. The fraction of sp³-hybridized carbons (Fsp3) is 0.615. The molecule has 0 aromatic carbocycles. The molecule has 0 bridgehead atoms. The number of amides is 2. The minimum absolute atomic E-state index is 0.183. The highest BCUT2D eigenvalue weighted by Crippen LogP contribution is 2.37. The number of aryl methyl sites for hydroxylation is 2. The molecule has 1 aliphatic heterocycles. The summed E-state index contributed by atoms with van der Waals surface area (Å²) < 4.78 is 40.3. The number of nitrogens with two attached hydrogens (primary N) is 1. The van der Waals surface area contributed by atoms with Crippen molar-refractivity contribution in [2.45, 2.75) is 13.1 Å². The lowest BCUT2D eigenvalue weighted by Crippen LogP contribution is -2.37. The fourth-order valence-electron chi connectivity index (χ4n) is 2.75. The van der Waals surface area contributed by atoms with Crippen LogP contribution in [-0.4, -0.2) is 52.3 Å². The van der Waals surface area contributed by atoms with Crippen LogP contribution in [0.4, 0.5) is 19.0 Å². The highest BCUT2D eigenvalue weighted by Gasteiger charge is 2.51. The summed E-state index contributed by atoms with van der Waals surface area (Å²) in [5.41, 5.74) is 5.75. The van der Waals surface area contributed by atoms with Crippen LogP contribution in [0.2, 0.25) is 0 Å². The predicted octanol–water partition coefficient (Wildman–Crippen LogP) is 0.263. The van der Waals surface area contributed by atoms with Gasteiger partial charge in [0, 0.05) is 26.2 Å². The van der Waals surface area contributed by atoms with Gasteiger partial charge in [-0.2, -0.15) is 18.3 Å². The molecule has 0 spiro atoms. The van der Waals surface area contributed by atoms with Crippen molar-refractivity contribution in [3.05, 3.63) is 11.8 Å². The van der Waals surface area contributed by atoms with Crippen LogP contribution in [0.5, 0.6) is 0 Å². The van der Waals surface area contributed by atoms with Crippen molar-refractivity contribution in [3.8, 4) is 0 Å². The summed E-state index contributed by atoms with van der Waals surface area (Å²) in [5, 5.41) is 6.63. The number of alkyl halides is 3. The second-order valence-electron chi connectivity index (χ2n) is 5.69. The number of carbonyl (C=O) groups excluding carboxylic acids is 2. The van der Waals surface area contributed by atoms with Crippen LogP contribution >= 0.6 is 0 Å². The summed E-state index contributed by atoms with van der Waals surface area (Å²) in [6.07, 6.45) is -4.52. The van der Waals surface area contributed by atoms with E-state index in [0.29, 0.717) is 11.5 Å². The minimum Gasteiger partial charge on any atom is -0.369 e. The minimum atomic E-state index is -4.52. The molecular weight excluding hydrogens is 315 g/mol. The Bertz CT molecular complexity index is 613. The zero-order valence-corrected chi connectivity index (χ0v) is 12.7. The number of primary amides is 1. The second kappa shape index (κ2) is 6.19. The molecule has 2 amide bonds. The highest BCUT2D eigenvalue weighted by molar-refractivity contribution is 5.91. The maximum Gasteiger partial charge on any atom is 0.393 e. The first kappa shape index (κ1) is 17.3. The van der Waals surface area contributed by atoms with Gasteiger partial charge < -0.3 is 11.1 Å². The van der Waals surface area contributed by atoms with E-state index >= 15 is 0 Å². The average Bonchev–Trinajstić information content (AvgIpc) is 2.93. The molecule has 2 atom stereocenters. The molecule has 2 rings (SSSR count). The van der Waals surface area contributed by atoms with E-state index in [4.69, 9.17) is 5.73 Å². The van der Waals surface area contributed by atoms with Crippen LogP contribution in [0.3, 0.4) is 0 Å². The maximum absolute atomic E-state index is 12.9. The highest BCUT2D eigenvalue weighted by atomic mass is 19.4. The predicted molar refractivity (Wildman–Crippen MR) is 75.2 cm³/mol. The van der Waals surface area contributed by atoms with E-state index in [9.17, 15) is 22.8 Å². The van der Waals surface area contributed by atoms with Gasteiger partial charge in [-0.3, -0.25) is 19.2 Å². The van der Waals surface area contributed by atoms with Gasteiger partial charge in [-0.05, 0) is 6.92 Å². The molecule has 7 nitrogen and oxygen atoms in total. The molecule has 1 aliphatic rings. The summed E-state index contributed by atoms with van der Waals surface area (Å²) in [7, 11) is 1.64. The molecule has 128 valence electrons. The van der Waals surface area contributed by atoms with E-state index < -0.39 is 36.4 Å². The van der Waals surface area contributed by atoms with Gasteiger partial charge in [0.2, 0.25) is 11.8 Å². The Balaban J connectivity index is 1.99. The molecular formula is C13H18F3N5O2. The number of nitrogens with one attached hydrogen (secondary N) is 1. The molecule has 1 saturated heterocycles. The van der Waals surface area contributed by atoms with Crippen LogP contribution in [0.25, 0.3) is 0 Å². The van der Waals surface area contributed by atoms with Crippen LogP contribution in [0.15, 0.2) is 6.07 Å². The summed E-state index contributed by atoms with van der Waals surface area (Å²) >= 11 is 0. The molecule has 1 fully saturated rings. The number of aromatic nitrogens is 2. The largest absolute Gasteiger partial charge is 0.393 e. The van der Waals surface area contributed by atoms with Gasteiger partial charge in [-0.15, -0.1) is 0 Å². The molecule has 2 heterocycles. The van der Waals surface area contributed by atoms with E-state index in [1.54, 1.807) is 20.0 Å². The zero-order chi connectivity index (χ0) is 17.4. The molecule has 0 unspecified atom stereocenters. The average molecular weight is 333 g/mol. The third-order valence-electron chi connectivity index (χ3n) is 3.82. The number of anilines is 1. The molecule has 10 heteroatoms. The molecule has 0 aliphatic carbocycles. The van der Waals surface area contributed by atoms with Crippen LogP contribution in [-0.2, 0) is 16.6 Å². The number of hydrogen-bond donors (Lipinski definition) is 2. The van der Waals surface area contributed by atoms with Gasteiger partial charge in [0.1, 0.15) is 5.82 Å². The lowest BCUT2D eigenvalue weighted by Gasteiger charge is -2.18. The van der Waals surface area contributed by atoms with Crippen LogP contribution in [0, 0.1) is 18.8 Å². The number of nitrogens with zero attached hydrogens (tertiary/aromatic N) is 3. The Labute approximate surface area is 130 Å². The standard InChI is InChI=1S/C13H18F3N5O2/c1-7-3-10(20(2)19-7)18-11(22)6-21-4-8(12(17)23)9(5-21)13(14,15)16/h3,8-9H,4-6H2,1-2H3,(H2,17,23)(H,18,22)/t8-,9-/m1/s1. The van der Waals surface area contributed by atoms with Crippen molar-refractivity contribution >= 4 is 17.6 Å². The first-order chi connectivity index (χ1) is 10.6. The third kappa shape index (κ3) is 4.01. The zero-order valence-electron chi connectivity index (χ0n) is 12.7. The van der Waals surface area contributed by atoms with Crippen molar-refractivity contribution in [1.82, 2.24) is 14.7 Å². The summed E-state index contributed by atoms with van der Waals surface area (Å²) in [5.74, 6) is -4.20. The number of hydrogen-bond acceptors (Lipinski definition) is 4. The monoisotopic (exact) mass is 333 g/mol. The summed E-state index contributed by atoms with van der Waals surface area (Å²) in [6, 6.07) is 1.65. The van der Waals surface area contributed by atoms with Gasteiger partial charge in [-0.25, -0.2) is 0 Å². The van der Waals surface area contributed by atoms with Gasteiger partial charge in [0.25, 0.3) is 0 Å². The van der Waals surface area contributed by atoms with Crippen LogP contribution < -0.4 is 11.1 Å². The van der Waals surface area contributed by atoms with Crippen molar-refractivity contribution in [3.63, 3.8) is 0 Å². The SMILES string of the molecule is Cc1cc(NC(=O)CN2C[C@@H](C(F)(F)F)[C@H](C(N)=O)C2)n(C)n1. The van der Waals surface area contributed by atoms with Gasteiger partial charge in [0.05, 0.1) is 24.1 Å². The first-order valence-electron chi connectivity index (χ1n) is 6.97. The number of carbonyl (C=O) groups is 2. The lowest BCUT2D eigenvalue weighted by atomic mass is 9.95. The van der Waals surface area contributed by atoms with Gasteiger partial charge in [-0.1, -0.05) is 0 Å². The molecule has 0 saturated carbocycles. The van der Waals surface area contributed by atoms with Crippen molar-refractivity contribution in [2.24, 2.45) is 24.6 Å². The molecule has 23 heavy (non-hydrogen) atoms. The third-order valence-corrected chi connectivity index (χ3v) is 3.82. The Morgan fingerprint density at radius 3 is 2.52 bits per heavy atom. The topological polar surface area (TPSA) is 93.3 Å². The normalized spacial score (nSPS) is 22.3. The molecule has 3 N–H and O–H groups in total. The second-order valence-corrected chi connectivity index (χ2v) is 5.69. The summed E-state index contributed by atoms with van der Waals surface area (Å²) in [6.45, 7) is 0.897. The Kier molecular flexibility index (Phi) is 4.64. The van der Waals surface area contributed by atoms with E-state index in [-0.39, 0.29) is 13.1 Å². The smallest absolute Gasteiger partial charge is 0.369 e. The lowest BCUT2D eigenvalue weighted by molar-refractivity contribution is -0.182. The van der Waals surface area contributed by atoms with E-state index in [2.05, 4.69) is 10.4 Å².